The summed E-state index contributed by atoms with van der Waals surface area (Å²) in [7, 11) is 0. The molecule has 0 saturated carbocycles. The van der Waals surface area contributed by atoms with Crippen molar-refractivity contribution in [1.29, 1.82) is 0 Å². The number of carboxylic acid groups (broad SMARTS) is 1. The molecule has 0 spiro atoms. The Bertz CT molecular complexity index is 196. The van der Waals surface area contributed by atoms with Crippen LogP contribution in [-0.2, 0) is 14.4 Å². The maximum Gasteiger partial charge on any atom is 0.341 e. The second kappa shape index (κ2) is 7.28. The van der Waals surface area contributed by atoms with Crippen LogP contribution in [0.1, 0.15) is 32.1 Å². The van der Waals surface area contributed by atoms with Crippen LogP contribution >= 0.6 is 0 Å². The fourth-order valence-corrected chi connectivity index (χ4v) is 1.02. The summed E-state index contributed by atoms with van der Waals surface area (Å²) < 4.78 is 0. The monoisotopic (exact) mass is 204 g/mol. The molecule has 0 amide bonds. The molecule has 6 heteroatoms. The van der Waals surface area contributed by atoms with Gasteiger partial charge in [0, 0.05) is 6.42 Å². The third-order valence-electron chi connectivity index (χ3n) is 1.82. The first-order chi connectivity index (χ1) is 6.57. The molecule has 6 nitrogen and oxygen atoms in total. The number of nitrogens with two attached hydrogens (primary N) is 2. The smallest absolute Gasteiger partial charge is 0.341 e. The normalized spacial score (nSPS) is 12.1. The average molecular weight is 204 g/mol. The van der Waals surface area contributed by atoms with Crippen molar-refractivity contribution in [2.75, 3.05) is 0 Å². The van der Waals surface area contributed by atoms with E-state index >= 15 is 0 Å². The molecule has 0 aromatic rings. The average Bonchev–Trinajstić information content (AvgIpc) is 2.15. The number of carboxylic acids is 1. The summed E-state index contributed by atoms with van der Waals surface area (Å²) in [4.78, 5) is 24.8. The summed E-state index contributed by atoms with van der Waals surface area (Å²) in [6, 6.07) is -0.704. The van der Waals surface area contributed by atoms with E-state index in [2.05, 4.69) is 10.7 Å². The highest BCUT2D eigenvalue weighted by atomic mass is 16.7. The molecule has 0 heterocycles. The molecule has 0 bridgehead atoms. The van der Waals surface area contributed by atoms with Gasteiger partial charge in [-0.2, -0.15) is 5.90 Å². The van der Waals surface area contributed by atoms with Crippen LogP contribution in [0, 0.1) is 0 Å². The van der Waals surface area contributed by atoms with E-state index in [1.165, 1.54) is 0 Å². The fraction of sp³-hybridized carbons (Fsp3) is 0.750. The summed E-state index contributed by atoms with van der Waals surface area (Å²) >= 11 is 0. The lowest BCUT2D eigenvalue weighted by Crippen LogP contribution is -2.33. The minimum Gasteiger partial charge on any atom is -0.481 e. The van der Waals surface area contributed by atoms with Gasteiger partial charge in [-0.15, -0.1) is 0 Å². The standard InChI is InChI=1S/C8H16N2O4/c9-6(8(13)14-10)4-2-1-3-5-7(11)12/h6H,1-5,9-10H2,(H,11,12). The second-order valence-corrected chi connectivity index (χ2v) is 3.04. The summed E-state index contributed by atoms with van der Waals surface area (Å²) in [6.07, 6.45) is 2.65. The molecule has 1 atom stereocenters. The van der Waals surface area contributed by atoms with E-state index in [0.29, 0.717) is 19.3 Å². The largest absolute Gasteiger partial charge is 0.481 e. The maximum atomic E-state index is 10.7. The molecule has 0 aliphatic rings. The quantitative estimate of drug-likeness (QED) is 0.389. The molecule has 5 N–H and O–H groups in total. The summed E-state index contributed by atoms with van der Waals surface area (Å²) in [5, 5.41) is 8.33. The Labute approximate surface area is 82.2 Å². The number of unbranched alkanes of at least 4 members (excludes halogenated alkanes) is 2. The molecule has 0 fully saturated rings. The van der Waals surface area contributed by atoms with Crippen LogP contribution in [0.5, 0.6) is 0 Å². The maximum absolute atomic E-state index is 10.7. The van der Waals surface area contributed by atoms with Gasteiger partial charge in [0.25, 0.3) is 0 Å². The van der Waals surface area contributed by atoms with E-state index in [1.807, 2.05) is 0 Å². The van der Waals surface area contributed by atoms with E-state index in [0.717, 1.165) is 6.42 Å². The molecule has 0 aliphatic heterocycles. The molecule has 0 rings (SSSR count). The van der Waals surface area contributed by atoms with Crippen LogP contribution in [0.15, 0.2) is 0 Å². The predicted molar refractivity (Wildman–Crippen MR) is 49.0 cm³/mol. The zero-order valence-electron chi connectivity index (χ0n) is 7.94. The summed E-state index contributed by atoms with van der Waals surface area (Å²) in [5.74, 6) is 3.19. The van der Waals surface area contributed by atoms with E-state index in [1.54, 1.807) is 0 Å². The molecule has 1 unspecified atom stereocenters. The molecule has 0 aliphatic carbocycles. The molecule has 0 aromatic carbocycles. The van der Waals surface area contributed by atoms with Gasteiger partial charge in [-0.25, -0.2) is 4.79 Å². The lowest BCUT2D eigenvalue weighted by Gasteiger charge is -2.07. The van der Waals surface area contributed by atoms with Crippen molar-refractivity contribution in [2.24, 2.45) is 11.6 Å². The van der Waals surface area contributed by atoms with Gasteiger partial charge in [0.2, 0.25) is 0 Å². The number of carbonyl (C=O) groups excluding carboxylic acids is 1. The van der Waals surface area contributed by atoms with Crippen LogP contribution in [0.4, 0.5) is 0 Å². The van der Waals surface area contributed by atoms with Crippen LogP contribution in [0.25, 0.3) is 0 Å². The Hall–Kier alpha value is -1.14. The number of hydrogen-bond acceptors (Lipinski definition) is 5. The van der Waals surface area contributed by atoms with Crippen molar-refractivity contribution < 1.29 is 19.5 Å². The number of aliphatic carboxylic acids is 1. The fourth-order valence-electron chi connectivity index (χ4n) is 1.02. The van der Waals surface area contributed by atoms with Crippen LogP contribution in [0.2, 0.25) is 0 Å². The van der Waals surface area contributed by atoms with Gasteiger partial charge in [0.05, 0.1) is 0 Å². The third kappa shape index (κ3) is 6.38. The van der Waals surface area contributed by atoms with Crippen LogP contribution in [-0.4, -0.2) is 23.1 Å². The van der Waals surface area contributed by atoms with E-state index in [-0.39, 0.29) is 6.42 Å². The third-order valence-corrected chi connectivity index (χ3v) is 1.82. The van der Waals surface area contributed by atoms with Gasteiger partial charge < -0.3 is 15.7 Å². The number of rotatable bonds is 7. The Morgan fingerprint density at radius 2 is 1.93 bits per heavy atom. The lowest BCUT2D eigenvalue weighted by molar-refractivity contribution is -0.146. The number of hydrogen-bond donors (Lipinski definition) is 3. The minimum absolute atomic E-state index is 0.149. The molecular weight excluding hydrogens is 188 g/mol. The molecule has 0 aromatic heterocycles. The van der Waals surface area contributed by atoms with Gasteiger partial charge in [-0.1, -0.05) is 12.8 Å². The van der Waals surface area contributed by atoms with Crippen molar-refractivity contribution in [1.82, 2.24) is 0 Å². The van der Waals surface area contributed by atoms with Crippen molar-refractivity contribution in [3.05, 3.63) is 0 Å². The van der Waals surface area contributed by atoms with Gasteiger partial charge in [-0.3, -0.25) is 4.79 Å². The Kier molecular flexibility index (Phi) is 6.69. The molecule has 14 heavy (non-hydrogen) atoms. The Morgan fingerprint density at radius 3 is 2.43 bits per heavy atom. The van der Waals surface area contributed by atoms with E-state index in [4.69, 9.17) is 10.8 Å². The van der Waals surface area contributed by atoms with E-state index < -0.39 is 18.0 Å². The first-order valence-electron chi connectivity index (χ1n) is 4.46. The predicted octanol–water partition coefficient (Wildman–Crippen LogP) is -0.234. The van der Waals surface area contributed by atoms with Crippen LogP contribution in [0.3, 0.4) is 0 Å². The first kappa shape index (κ1) is 12.9. The van der Waals surface area contributed by atoms with Crippen molar-refractivity contribution >= 4 is 11.9 Å². The topological polar surface area (TPSA) is 116 Å². The van der Waals surface area contributed by atoms with Crippen LogP contribution < -0.4 is 11.6 Å². The highest BCUT2D eigenvalue weighted by molar-refractivity contribution is 5.74. The zero-order valence-corrected chi connectivity index (χ0v) is 7.94. The van der Waals surface area contributed by atoms with Gasteiger partial charge >= 0.3 is 11.9 Å². The van der Waals surface area contributed by atoms with Crippen molar-refractivity contribution in [3.63, 3.8) is 0 Å². The Morgan fingerprint density at radius 1 is 1.29 bits per heavy atom. The zero-order chi connectivity index (χ0) is 11.0. The van der Waals surface area contributed by atoms with E-state index in [9.17, 15) is 9.59 Å². The lowest BCUT2D eigenvalue weighted by atomic mass is 10.1. The van der Waals surface area contributed by atoms with Gasteiger partial charge in [0.15, 0.2) is 0 Å². The highest BCUT2D eigenvalue weighted by Crippen LogP contribution is 2.05. The Balaban J connectivity index is 3.36. The molecule has 0 radical (unpaired) electrons. The molecule has 82 valence electrons. The first-order valence-corrected chi connectivity index (χ1v) is 4.46. The highest BCUT2D eigenvalue weighted by Gasteiger charge is 2.13. The summed E-state index contributed by atoms with van der Waals surface area (Å²) in [6.45, 7) is 0. The minimum atomic E-state index is -0.810. The summed E-state index contributed by atoms with van der Waals surface area (Å²) in [5.41, 5.74) is 5.40. The second-order valence-electron chi connectivity index (χ2n) is 3.04. The SMILES string of the molecule is NOC(=O)C(N)CCCCCC(=O)O. The van der Waals surface area contributed by atoms with Crippen molar-refractivity contribution in [3.8, 4) is 0 Å². The van der Waals surface area contributed by atoms with Crippen molar-refractivity contribution in [2.45, 2.75) is 38.1 Å². The van der Waals surface area contributed by atoms with Gasteiger partial charge in [-0.05, 0) is 12.8 Å². The number of carbonyl (C=O) groups is 2. The van der Waals surface area contributed by atoms with Gasteiger partial charge in [0.1, 0.15) is 6.04 Å². The molecular formula is C8H16N2O4. The molecule has 0 saturated heterocycles.